The number of thioether (sulfide) groups is 1. The zero-order valence-corrected chi connectivity index (χ0v) is 16.8. The van der Waals surface area contributed by atoms with Crippen molar-refractivity contribution < 1.29 is 14.0 Å². The minimum atomic E-state index is -0.309. The molecule has 0 radical (unpaired) electrons. The predicted molar refractivity (Wildman–Crippen MR) is 112 cm³/mol. The summed E-state index contributed by atoms with van der Waals surface area (Å²) in [6.07, 6.45) is 0. The lowest BCUT2D eigenvalue weighted by Gasteiger charge is -2.18. The first-order valence-corrected chi connectivity index (χ1v) is 10.5. The minimum absolute atomic E-state index is 0.112. The highest BCUT2D eigenvalue weighted by atomic mass is 32.2. The van der Waals surface area contributed by atoms with Crippen LogP contribution >= 0.6 is 23.1 Å². The Morgan fingerprint density at radius 2 is 1.79 bits per heavy atom. The monoisotopic (exact) mass is 414 g/mol. The summed E-state index contributed by atoms with van der Waals surface area (Å²) in [6.45, 7) is 1.46. The molecule has 0 bridgehead atoms. The average molecular weight is 415 g/mol. The number of rotatable bonds is 7. The first-order valence-electron chi connectivity index (χ1n) is 8.60. The summed E-state index contributed by atoms with van der Waals surface area (Å²) in [6, 6.07) is 17.1. The van der Waals surface area contributed by atoms with E-state index in [9.17, 15) is 14.0 Å². The second-order valence-electron chi connectivity index (χ2n) is 6.06. The smallest absolute Gasteiger partial charge is 0.231 e. The number of carbonyl (C=O) groups excluding carboxylic acids is 2. The molecule has 4 nitrogen and oxygen atoms in total. The molecule has 1 atom stereocenters. The van der Waals surface area contributed by atoms with E-state index in [4.69, 9.17) is 0 Å². The normalized spacial score (nSPS) is 11.6. The molecule has 2 aromatic carbocycles. The number of anilines is 1. The van der Waals surface area contributed by atoms with Gasteiger partial charge in [0.15, 0.2) is 0 Å². The molecule has 28 heavy (non-hydrogen) atoms. The lowest BCUT2D eigenvalue weighted by Crippen LogP contribution is -2.30. The molecule has 0 saturated heterocycles. The summed E-state index contributed by atoms with van der Waals surface area (Å²) in [5.41, 5.74) is 1.55. The largest absolute Gasteiger partial charge is 0.344 e. The molecule has 7 heteroatoms. The molecule has 1 unspecified atom stereocenters. The first kappa shape index (κ1) is 20.1. The molecule has 2 N–H and O–H groups in total. The second kappa shape index (κ2) is 9.52. The van der Waals surface area contributed by atoms with Crippen LogP contribution in [0.25, 0.3) is 0 Å². The fourth-order valence-corrected chi connectivity index (χ4v) is 4.13. The van der Waals surface area contributed by atoms with E-state index >= 15 is 0 Å². The Balaban J connectivity index is 1.62. The Morgan fingerprint density at radius 1 is 1.07 bits per heavy atom. The number of nitrogens with one attached hydrogen (secondary N) is 2. The van der Waals surface area contributed by atoms with Crippen LogP contribution in [-0.4, -0.2) is 17.6 Å². The molecule has 2 amide bonds. The molecule has 1 heterocycles. The highest BCUT2D eigenvalue weighted by Crippen LogP contribution is 2.27. The fourth-order valence-electron chi connectivity index (χ4n) is 2.62. The van der Waals surface area contributed by atoms with Crippen LogP contribution in [0.4, 0.5) is 10.1 Å². The Morgan fingerprint density at radius 3 is 2.39 bits per heavy atom. The molecule has 3 rings (SSSR count). The van der Waals surface area contributed by atoms with E-state index in [1.165, 1.54) is 30.8 Å². The van der Waals surface area contributed by atoms with E-state index in [0.29, 0.717) is 0 Å². The standard InChI is InChI=1S/C21H19FN2O2S2/c1-14(25)23-17-8-10-18(11-9-17)28-13-20(26)24-21(19-3-2-12-27-19)15-4-6-16(22)7-5-15/h2-12,21H,13H2,1H3,(H,23,25)(H,24,26). The highest BCUT2D eigenvalue weighted by Gasteiger charge is 2.18. The molecular formula is C21H19FN2O2S2. The van der Waals surface area contributed by atoms with Crippen molar-refractivity contribution in [1.82, 2.24) is 5.32 Å². The molecule has 0 aliphatic carbocycles. The van der Waals surface area contributed by atoms with Crippen LogP contribution in [0.1, 0.15) is 23.4 Å². The summed E-state index contributed by atoms with van der Waals surface area (Å²) in [5, 5.41) is 7.69. The fraction of sp³-hybridized carbons (Fsp3) is 0.143. The van der Waals surface area contributed by atoms with Crippen LogP contribution in [0, 0.1) is 5.82 Å². The number of hydrogen-bond donors (Lipinski definition) is 2. The molecule has 0 fully saturated rings. The van der Waals surface area contributed by atoms with Gasteiger partial charge in [-0.15, -0.1) is 23.1 Å². The summed E-state index contributed by atoms with van der Waals surface area (Å²) < 4.78 is 13.3. The van der Waals surface area contributed by atoms with Gasteiger partial charge in [-0.1, -0.05) is 18.2 Å². The third-order valence-corrected chi connectivity index (χ3v) is 5.83. The maximum atomic E-state index is 13.3. The van der Waals surface area contributed by atoms with Gasteiger partial charge in [0.1, 0.15) is 5.82 Å². The van der Waals surface area contributed by atoms with Crippen molar-refractivity contribution in [3.8, 4) is 0 Å². The van der Waals surface area contributed by atoms with E-state index in [-0.39, 0.29) is 29.4 Å². The number of amides is 2. The molecule has 0 spiro atoms. The van der Waals surface area contributed by atoms with Gasteiger partial charge in [-0.25, -0.2) is 4.39 Å². The Labute approximate surface area is 171 Å². The van der Waals surface area contributed by atoms with E-state index < -0.39 is 0 Å². The number of hydrogen-bond acceptors (Lipinski definition) is 4. The summed E-state index contributed by atoms with van der Waals surface area (Å²) in [4.78, 5) is 25.5. The van der Waals surface area contributed by atoms with Crippen LogP contribution in [-0.2, 0) is 9.59 Å². The SMILES string of the molecule is CC(=O)Nc1ccc(SCC(=O)NC(c2ccc(F)cc2)c2cccs2)cc1. The van der Waals surface area contributed by atoms with Crippen LogP contribution in [0.3, 0.4) is 0 Å². The van der Waals surface area contributed by atoms with Gasteiger partial charge >= 0.3 is 0 Å². The minimum Gasteiger partial charge on any atom is -0.344 e. The zero-order chi connectivity index (χ0) is 19.9. The highest BCUT2D eigenvalue weighted by molar-refractivity contribution is 8.00. The molecule has 0 aliphatic rings. The maximum absolute atomic E-state index is 13.3. The van der Waals surface area contributed by atoms with E-state index in [1.54, 1.807) is 35.6 Å². The summed E-state index contributed by atoms with van der Waals surface area (Å²) in [7, 11) is 0. The first-order chi connectivity index (χ1) is 13.5. The van der Waals surface area contributed by atoms with Crippen molar-refractivity contribution in [2.45, 2.75) is 17.9 Å². The van der Waals surface area contributed by atoms with Gasteiger partial charge in [0, 0.05) is 22.4 Å². The Kier molecular flexibility index (Phi) is 6.84. The lowest BCUT2D eigenvalue weighted by atomic mass is 10.1. The van der Waals surface area contributed by atoms with Gasteiger partial charge in [0.05, 0.1) is 11.8 Å². The van der Waals surface area contributed by atoms with Gasteiger partial charge in [-0.05, 0) is 53.4 Å². The number of thiophene rings is 1. The predicted octanol–water partition coefficient (Wildman–Crippen LogP) is 4.84. The Hall–Kier alpha value is -2.64. The topological polar surface area (TPSA) is 58.2 Å². The van der Waals surface area contributed by atoms with Gasteiger partial charge in [-0.3, -0.25) is 9.59 Å². The number of carbonyl (C=O) groups is 2. The van der Waals surface area contributed by atoms with Gasteiger partial charge < -0.3 is 10.6 Å². The maximum Gasteiger partial charge on any atom is 0.231 e. The molecule has 1 aromatic heterocycles. The third kappa shape index (κ3) is 5.68. The van der Waals surface area contributed by atoms with Crippen LogP contribution < -0.4 is 10.6 Å². The van der Waals surface area contributed by atoms with Crippen molar-refractivity contribution in [2.75, 3.05) is 11.1 Å². The summed E-state index contributed by atoms with van der Waals surface area (Å²) in [5.74, 6) is -0.292. The molecule has 144 valence electrons. The van der Waals surface area contributed by atoms with Gasteiger partial charge in [0.2, 0.25) is 11.8 Å². The number of benzene rings is 2. The van der Waals surface area contributed by atoms with Crippen molar-refractivity contribution in [1.29, 1.82) is 0 Å². The van der Waals surface area contributed by atoms with Crippen molar-refractivity contribution in [2.24, 2.45) is 0 Å². The molecule has 0 aliphatic heterocycles. The van der Waals surface area contributed by atoms with Gasteiger partial charge in [0.25, 0.3) is 0 Å². The lowest BCUT2D eigenvalue weighted by molar-refractivity contribution is -0.119. The second-order valence-corrected chi connectivity index (χ2v) is 8.09. The van der Waals surface area contributed by atoms with Crippen molar-refractivity contribution in [3.63, 3.8) is 0 Å². The van der Waals surface area contributed by atoms with E-state index in [2.05, 4.69) is 10.6 Å². The van der Waals surface area contributed by atoms with Crippen molar-refractivity contribution >= 4 is 40.6 Å². The molecule has 3 aromatic rings. The Bertz CT molecular complexity index is 926. The average Bonchev–Trinajstić information content (AvgIpc) is 3.20. The third-order valence-electron chi connectivity index (χ3n) is 3.88. The number of halogens is 1. The van der Waals surface area contributed by atoms with E-state index in [0.717, 1.165) is 21.0 Å². The zero-order valence-electron chi connectivity index (χ0n) is 15.1. The quantitative estimate of drug-likeness (QED) is 0.544. The van der Waals surface area contributed by atoms with Crippen molar-refractivity contribution in [3.05, 3.63) is 82.3 Å². The van der Waals surface area contributed by atoms with Crippen LogP contribution in [0.5, 0.6) is 0 Å². The van der Waals surface area contributed by atoms with Crippen LogP contribution in [0.2, 0.25) is 0 Å². The molecular weight excluding hydrogens is 395 g/mol. The van der Waals surface area contributed by atoms with Crippen LogP contribution in [0.15, 0.2) is 70.9 Å². The van der Waals surface area contributed by atoms with E-state index in [1.807, 2.05) is 29.6 Å². The summed E-state index contributed by atoms with van der Waals surface area (Å²) >= 11 is 2.95. The van der Waals surface area contributed by atoms with Gasteiger partial charge in [-0.2, -0.15) is 0 Å². The molecule has 0 saturated carbocycles.